The molecule has 7 heavy (non-hydrogen) atoms. The molecule has 0 saturated carbocycles. The maximum absolute atomic E-state index is 4.94. The van der Waals surface area contributed by atoms with E-state index >= 15 is 0 Å². The Labute approximate surface area is 80.1 Å². The molecule has 3 heteroatoms. The van der Waals surface area contributed by atoms with Crippen LogP contribution in [-0.4, -0.2) is 60.4 Å². The van der Waals surface area contributed by atoms with E-state index in [1.165, 1.54) is 12.8 Å². The Balaban J connectivity index is 0.000000162. The first-order chi connectivity index (χ1) is 3.50. The number of rotatable bonds is 0. The van der Waals surface area contributed by atoms with Gasteiger partial charge in [0.25, 0.3) is 0 Å². The van der Waals surface area contributed by atoms with Crippen LogP contribution in [0.2, 0.25) is 0 Å². The molecule has 1 fully saturated rings. The SMILES string of the molecule is C1CCOC1.[Cl][K]. The van der Waals surface area contributed by atoms with Gasteiger partial charge < -0.3 is 4.74 Å². The summed E-state index contributed by atoms with van der Waals surface area (Å²) in [4.78, 5) is 0. The van der Waals surface area contributed by atoms with E-state index in [4.69, 9.17) is 8.50 Å². The van der Waals surface area contributed by atoms with E-state index < -0.39 is 0 Å². The molecular formula is C4H8ClKO. The number of halogens is 1. The average molecular weight is 147 g/mol. The third-order valence-corrected chi connectivity index (χ3v) is 0.827. The van der Waals surface area contributed by atoms with Gasteiger partial charge in [0.15, 0.2) is 0 Å². The van der Waals surface area contributed by atoms with Crippen LogP contribution < -0.4 is 0 Å². The van der Waals surface area contributed by atoms with Crippen molar-refractivity contribution >= 4 is 50.9 Å². The van der Waals surface area contributed by atoms with E-state index in [9.17, 15) is 0 Å². The van der Waals surface area contributed by atoms with Gasteiger partial charge in [0.05, 0.1) is 0 Å². The van der Waals surface area contributed by atoms with Crippen LogP contribution in [-0.2, 0) is 4.74 Å². The fraction of sp³-hybridized carbons (Fsp3) is 1.00. The molecule has 0 spiro atoms. The van der Waals surface area contributed by atoms with Crippen molar-refractivity contribution < 1.29 is 4.74 Å². The van der Waals surface area contributed by atoms with Gasteiger partial charge in [-0.3, -0.25) is 0 Å². The molecule has 0 aromatic carbocycles. The molecule has 0 aromatic heterocycles. The van der Waals surface area contributed by atoms with Gasteiger partial charge >= 0.3 is 50.9 Å². The fourth-order valence-electron chi connectivity index (χ4n) is 0.510. The van der Waals surface area contributed by atoms with Crippen molar-refractivity contribution in [2.24, 2.45) is 0 Å². The zero-order valence-electron chi connectivity index (χ0n) is 4.61. The Morgan fingerprint density at radius 2 is 1.57 bits per heavy atom. The van der Waals surface area contributed by atoms with Crippen molar-refractivity contribution in [3.05, 3.63) is 0 Å². The molecule has 1 saturated heterocycles. The first-order valence-corrected chi connectivity index (χ1v) is 6.75. The quantitative estimate of drug-likeness (QED) is 0.466. The molecule has 1 rings (SSSR count). The zero-order valence-corrected chi connectivity index (χ0v) is 8.49. The molecule has 1 heterocycles. The van der Waals surface area contributed by atoms with Gasteiger partial charge in [0.1, 0.15) is 0 Å². The van der Waals surface area contributed by atoms with Gasteiger partial charge in [-0.2, -0.15) is 0 Å². The molecule has 0 atom stereocenters. The summed E-state index contributed by atoms with van der Waals surface area (Å²) in [6.07, 6.45) is 2.56. The summed E-state index contributed by atoms with van der Waals surface area (Å²) in [7, 11) is 0. The summed E-state index contributed by atoms with van der Waals surface area (Å²) in [6.45, 7) is 2.00. The van der Waals surface area contributed by atoms with Crippen LogP contribution in [0.4, 0.5) is 0 Å². The van der Waals surface area contributed by atoms with Crippen molar-refractivity contribution in [2.75, 3.05) is 13.2 Å². The van der Waals surface area contributed by atoms with E-state index in [-0.39, 0.29) is 0 Å². The summed E-state index contributed by atoms with van der Waals surface area (Å²) in [5.41, 5.74) is 0. The van der Waals surface area contributed by atoms with Gasteiger partial charge in [0, 0.05) is 13.2 Å². The Morgan fingerprint density at radius 1 is 1.14 bits per heavy atom. The Hall–Kier alpha value is 1.89. The van der Waals surface area contributed by atoms with Crippen LogP contribution >= 0.6 is 3.76 Å². The predicted molar refractivity (Wildman–Crippen MR) is 31.7 cm³/mol. The van der Waals surface area contributed by atoms with Gasteiger partial charge in [-0.05, 0) is 12.8 Å². The number of ether oxygens (including phenoxy) is 1. The Morgan fingerprint density at radius 3 is 1.71 bits per heavy atom. The van der Waals surface area contributed by atoms with Gasteiger partial charge in [-0.1, -0.05) is 0 Å². The molecular weight excluding hydrogens is 139 g/mol. The molecule has 0 radical (unpaired) electrons. The third-order valence-electron chi connectivity index (χ3n) is 0.827. The third kappa shape index (κ3) is 5.76. The van der Waals surface area contributed by atoms with E-state index in [2.05, 4.69) is 0 Å². The normalized spacial score (nSPS) is 18.1. The van der Waals surface area contributed by atoms with Crippen molar-refractivity contribution in [3.8, 4) is 0 Å². The summed E-state index contributed by atoms with van der Waals surface area (Å²) in [6, 6.07) is 0. The van der Waals surface area contributed by atoms with Gasteiger partial charge in [0.2, 0.25) is 0 Å². The average Bonchev–Trinajstić information content (AvgIpc) is 2.23. The van der Waals surface area contributed by atoms with E-state index in [0.29, 0.717) is 47.1 Å². The first kappa shape index (κ1) is 8.89. The van der Waals surface area contributed by atoms with Crippen molar-refractivity contribution in [1.29, 1.82) is 0 Å². The molecule has 0 aliphatic carbocycles. The van der Waals surface area contributed by atoms with E-state index in [0.717, 1.165) is 13.2 Å². The number of hydrogen-bond acceptors (Lipinski definition) is 1. The second-order valence-corrected chi connectivity index (χ2v) is 1.32. The van der Waals surface area contributed by atoms with Gasteiger partial charge in [-0.25, -0.2) is 0 Å². The molecule has 0 bridgehead atoms. The van der Waals surface area contributed by atoms with Crippen LogP contribution in [0, 0.1) is 0 Å². The van der Waals surface area contributed by atoms with Crippen LogP contribution in [0.1, 0.15) is 12.8 Å². The van der Waals surface area contributed by atoms with Crippen molar-refractivity contribution in [3.63, 3.8) is 0 Å². The molecule has 0 aromatic rings. The van der Waals surface area contributed by atoms with Gasteiger partial charge in [-0.15, -0.1) is 0 Å². The fourth-order valence-corrected chi connectivity index (χ4v) is 0.510. The van der Waals surface area contributed by atoms with Crippen LogP contribution in [0.5, 0.6) is 0 Å². The Kier molecular flexibility index (Phi) is 10.0. The summed E-state index contributed by atoms with van der Waals surface area (Å²) in [5.74, 6) is 0. The molecule has 0 unspecified atom stereocenters. The Bertz CT molecular complexity index is 23.3. The second-order valence-electron chi connectivity index (χ2n) is 1.32. The van der Waals surface area contributed by atoms with E-state index in [1.807, 2.05) is 0 Å². The van der Waals surface area contributed by atoms with Crippen LogP contribution in [0.25, 0.3) is 0 Å². The minimum atomic E-state index is 0.535. The van der Waals surface area contributed by atoms with E-state index in [1.54, 1.807) is 0 Å². The molecule has 1 aliphatic rings. The second kappa shape index (κ2) is 7.89. The first-order valence-electron chi connectivity index (χ1n) is 2.46. The number of hydrogen-bond donors (Lipinski definition) is 0. The zero-order chi connectivity index (χ0) is 5.54. The van der Waals surface area contributed by atoms with Crippen LogP contribution in [0.15, 0.2) is 0 Å². The monoisotopic (exact) mass is 146 g/mol. The summed E-state index contributed by atoms with van der Waals surface area (Å²) >= 11 is 0.535. The predicted octanol–water partition coefficient (Wildman–Crippen LogP) is 1.11. The molecule has 38 valence electrons. The molecule has 1 nitrogen and oxygen atoms in total. The molecule has 1 aliphatic heterocycles. The summed E-state index contributed by atoms with van der Waals surface area (Å²) in [5, 5.41) is 0. The van der Waals surface area contributed by atoms with Crippen LogP contribution in [0.3, 0.4) is 0 Å². The standard InChI is InChI=1S/C4H8O.ClH.K/c1-2-4-5-3-1;;/h1-4H2;1H;/q;;+1/p-1. The minimum absolute atomic E-state index is 0.535. The summed E-state index contributed by atoms with van der Waals surface area (Å²) < 4.78 is 9.77. The molecule has 0 amide bonds. The molecule has 0 N–H and O–H groups in total. The topological polar surface area (TPSA) is 9.23 Å². The van der Waals surface area contributed by atoms with Crippen molar-refractivity contribution in [2.45, 2.75) is 12.8 Å². The van der Waals surface area contributed by atoms with Crippen molar-refractivity contribution in [1.82, 2.24) is 0 Å². The maximum atomic E-state index is 4.94.